The summed E-state index contributed by atoms with van der Waals surface area (Å²) in [5, 5.41) is 2.51. The molecular weight excluding hydrogens is 241 g/mol. The highest BCUT2D eigenvalue weighted by atomic mass is 19.1. The molecule has 0 atom stereocenters. The molecule has 0 aliphatic carbocycles. The van der Waals surface area contributed by atoms with Crippen molar-refractivity contribution in [1.29, 1.82) is 0 Å². The third kappa shape index (κ3) is 3.78. The van der Waals surface area contributed by atoms with Crippen LogP contribution in [0.3, 0.4) is 0 Å². The summed E-state index contributed by atoms with van der Waals surface area (Å²) in [5.74, 6) is -0.784. The molecule has 0 aliphatic rings. The summed E-state index contributed by atoms with van der Waals surface area (Å²) in [6, 6.07) is 14.1. The minimum atomic E-state index is -0.429. The van der Waals surface area contributed by atoms with Gasteiger partial charge in [0.25, 0.3) is 0 Å². The van der Waals surface area contributed by atoms with E-state index in [9.17, 15) is 9.18 Å². The Kier molecular flexibility index (Phi) is 4.08. The van der Waals surface area contributed by atoms with Gasteiger partial charge in [0.15, 0.2) is 0 Å². The number of rotatable bonds is 3. The van der Waals surface area contributed by atoms with Crippen molar-refractivity contribution in [2.45, 2.75) is 6.92 Å². The van der Waals surface area contributed by atoms with Gasteiger partial charge in [-0.1, -0.05) is 36.4 Å². The predicted molar refractivity (Wildman–Crippen MR) is 75.2 cm³/mol. The average molecular weight is 255 g/mol. The van der Waals surface area contributed by atoms with Gasteiger partial charge in [0, 0.05) is 6.08 Å². The van der Waals surface area contributed by atoms with Crippen LogP contribution >= 0.6 is 0 Å². The van der Waals surface area contributed by atoms with Crippen molar-refractivity contribution in [2.75, 3.05) is 5.32 Å². The van der Waals surface area contributed by atoms with Crippen LogP contribution in [0, 0.1) is 12.7 Å². The van der Waals surface area contributed by atoms with Gasteiger partial charge in [-0.15, -0.1) is 0 Å². The molecule has 0 radical (unpaired) electrons. The second kappa shape index (κ2) is 5.96. The van der Waals surface area contributed by atoms with Gasteiger partial charge in [-0.2, -0.15) is 0 Å². The van der Waals surface area contributed by atoms with Crippen LogP contribution in [-0.2, 0) is 4.79 Å². The molecule has 0 saturated carbocycles. The number of aryl methyl sites for hydroxylation is 1. The molecule has 1 amide bonds. The van der Waals surface area contributed by atoms with Gasteiger partial charge in [0.2, 0.25) is 5.91 Å². The van der Waals surface area contributed by atoms with Crippen LogP contribution in [0.15, 0.2) is 54.6 Å². The molecule has 0 spiro atoms. The smallest absolute Gasteiger partial charge is 0.248 e. The topological polar surface area (TPSA) is 29.1 Å². The monoisotopic (exact) mass is 255 g/mol. The van der Waals surface area contributed by atoms with E-state index in [2.05, 4.69) is 5.32 Å². The summed E-state index contributed by atoms with van der Waals surface area (Å²) in [6.45, 7) is 1.80. The van der Waals surface area contributed by atoms with Crippen LogP contribution in [0.2, 0.25) is 0 Å². The molecule has 0 aromatic heterocycles. The van der Waals surface area contributed by atoms with E-state index < -0.39 is 5.82 Å². The summed E-state index contributed by atoms with van der Waals surface area (Å²) in [4.78, 5) is 11.7. The van der Waals surface area contributed by atoms with E-state index in [-0.39, 0.29) is 11.6 Å². The zero-order chi connectivity index (χ0) is 13.7. The van der Waals surface area contributed by atoms with Crippen LogP contribution in [0.5, 0.6) is 0 Å². The summed E-state index contributed by atoms with van der Waals surface area (Å²) in [5.41, 5.74) is 1.92. The molecule has 3 heteroatoms. The number of hydrogen-bond donors (Lipinski definition) is 1. The lowest BCUT2D eigenvalue weighted by molar-refractivity contribution is -0.111. The standard InChI is InChI=1S/C16H14FNO/c1-12-7-9-15(14(17)11-12)18-16(19)10-8-13-5-3-2-4-6-13/h2-11H,1H3,(H,18,19)/b10-8+. The van der Waals surface area contributed by atoms with Gasteiger partial charge in [-0.3, -0.25) is 4.79 Å². The Bertz CT molecular complexity index is 605. The van der Waals surface area contributed by atoms with E-state index in [1.165, 1.54) is 12.1 Å². The third-order valence-corrected chi connectivity index (χ3v) is 2.61. The highest BCUT2D eigenvalue weighted by Crippen LogP contribution is 2.15. The highest BCUT2D eigenvalue weighted by molar-refractivity contribution is 6.01. The maximum Gasteiger partial charge on any atom is 0.248 e. The number of nitrogens with one attached hydrogen (secondary N) is 1. The van der Waals surface area contributed by atoms with Crippen LogP contribution in [0.25, 0.3) is 6.08 Å². The number of anilines is 1. The zero-order valence-electron chi connectivity index (χ0n) is 10.6. The number of hydrogen-bond acceptors (Lipinski definition) is 1. The largest absolute Gasteiger partial charge is 0.320 e. The molecule has 2 aromatic rings. The van der Waals surface area contributed by atoms with Crippen molar-refractivity contribution < 1.29 is 9.18 Å². The number of carbonyl (C=O) groups excluding carboxylic acids is 1. The number of carbonyl (C=O) groups is 1. The van der Waals surface area contributed by atoms with Crippen LogP contribution in [0.1, 0.15) is 11.1 Å². The molecule has 0 fully saturated rings. The quantitative estimate of drug-likeness (QED) is 0.831. The van der Waals surface area contributed by atoms with Gasteiger partial charge in [-0.05, 0) is 36.3 Å². The molecule has 1 N–H and O–H groups in total. The summed E-state index contributed by atoms with van der Waals surface area (Å²) in [6.07, 6.45) is 3.07. The van der Waals surface area contributed by atoms with E-state index >= 15 is 0 Å². The Morgan fingerprint density at radius 2 is 1.89 bits per heavy atom. The van der Waals surface area contributed by atoms with E-state index in [1.54, 1.807) is 25.1 Å². The molecule has 96 valence electrons. The second-order valence-electron chi connectivity index (χ2n) is 4.22. The Morgan fingerprint density at radius 3 is 2.58 bits per heavy atom. The average Bonchev–Trinajstić information content (AvgIpc) is 2.41. The number of benzene rings is 2. The fourth-order valence-corrected chi connectivity index (χ4v) is 1.63. The fourth-order valence-electron chi connectivity index (χ4n) is 1.63. The van der Waals surface area contributed by atoms with Gasteiger partial charge >= 0.3 is 0 Å². The van der Waals surface area contributed by atoms with Gasteiger partial charge in [-0.25, -0.2) is 4.39 Å². The van der Waals surface area contributed by atoms with Crippen molar-refractivity contribution in [2.24, 2.45) is 0 Å². The number of amides is 1. The Hall–Kier alpha value is -2.42. The van der Waals surface area contributed by atoms with Crippen molar-refractivity contribution in [3.8, 4) is 0 Å². The van der Waals surface area contributed by atoms with Crippen molar-refractivity contribution in [3.05, 3.63) is 71.6 Å². The first kappa shape index (κ1) is 13.0. The predicted octanol–water partition coefficient (Wildman–Crippen LogP) is 3.79. The molecular formula is C16H14FNO. The normalized spacial score (nSPS) is 10.6. The summed E-state index contributed by atoms with van der Waals surface area (Å²) in [7, 11) is 0. The summed E-state index contributed by atoms with van der Waals surface area (Å²) >= 11 is 0. The molecule has 0 unspecified atom stereocenters. The van der Waals surface area contributed by atoms with E-state index in [1.807, 2.05) is 30.3 Å². The molecule has 0 heterocycles. The Labute approximate surface area is 111 Å². The van der Waals surface area contributed by atoms with Crippen LogP contribution in [0.4, 0.5) is 10.1 Å². The molecule has 0 bridgehead atoms. The van der Waals surface area contributed by atoms with E-state index in [0.717, 1.165) is 11.1 Å². The molecule has 0 aliphatic heterocycles. The first-order valence-electron chi connectivity index (χ1n) is 5.95. The van der Waals surface area contributed by atoms with E-state index in [0.29, 0.717) is 0 Å². The minimum absolute atomic E-state index is 0.188. The fraction of sp³-hybridized carbons (Fsp3) is 0.0625. The first-order valence-corrected chi connectivity index (χ1v) is 5.95. The lowest BCUT2D eigenvalue weighted by Crippen LogP contribution is -2.09. The van der Waals surface area contributed by atoms with Gasteiger partial charge < -0.3 is 5.32 Å². The van der Waals surface area contributed by atoms with Crippen molar-refractivity contribution in [1.82, 2.24) is 0 Å². The van der Waals surface area contributed by atoms with Gasteiger partial charge in [0.05, 0.1) is 5.69 Å². The molecule has 2 aromatic carbocycles. The SMILES string of the molecule is Cc1ccc(NC(=O)/C=C/c2ccccc2)c(F)c1. The Morgan fingerprint density at radius 1 is 1.16 bits per heavy atom. The molecule has 2 rings (SSSR count). The van der Waals surface area contributed by atoms with Crippen LogP contribution in [-0.4, -0.2) is 5.91 Å². The number of halogens is 1. The summed E-state index contributed by atoms with van der Waals surface area (Å²) < 4.78 is 13.5. The first-order chi connectivity index (χ1) is 9.15. The van der Waals surface area contributed by atoms with Gasteiger partial charge in [0.1, 0.15) is 5.82 Å². The third-order valence-electron chi connectivity index (χ3n) is 2.61. The second-order valence-corrected chi connectivity index (χ2v) is 4.22. The van der Waals surface area contributed by atoms with Crippen LogP contribution < -0.4 is 5.32 Å². The lowest BCUT2D eigenvalue weighted by Gasteiger charge is -2.04. The Balaban J connectivity index is 2.04. The minimum Gasteiger partial charge on any atom is -0.320 e. The van der Waals surface area contributed by atoms with E-state index in [4.69, 9.17) is 0 Å². The zero-order valence-corrected chi connectivity index (χ0v) is 10.6. The highest BCUT2D eigenvalue weighted by Gasteiger charge is 2.04. The van der Waals surface area contributed by atoms with Crippen molar-refractivity contribution >= 4 is 17.7 Å². The molecule has 0 saturated heterocycles. The maximum absolute atomic E-state index is 13.5. The maximum atomic E-state index is 13.5. The van der Waals surface area contributed by atoms with Crippen molar-refractivity contribution in [3.63, 3.8) is 0 Å². The lowest BCUT2D eigenvalue weighted by atomic mass is 10.2. The molecule has 19 heavy (non-hydrogen) atoms. The molecule has 2 nitrogen and oxygen atoms in total.